The lowest BCUT2D eigenvalue weighted by Gasteiger charge is -2.05. The van der Waals surface area contributed by atoms with Crippen LogP contribution in [0.3, 0.4) is 0 Å². The fourth-order valence-corrected chi connectivity index (χ4v) is 2.84. The number of rotatable bonds is 5. The molecule has 0 spiro atoms. The molecule has 0 aliphatic heterocycles. The lowest BCUT2D eigenvalue weighted by Crippen LogP contribution is -2.33. The largest absolute Gasteiger partial charge is 0.355 e. The van der Waals surface area contributed by atoms with Crippen molar-refractivity contribution in [3.63, 3.8) is 0 Å². The van der Waals surface area contributed by atoms with Gasteiger partial charge < -0.3 is 15.2 Å². The molecule has 24 heavy (non-hydrogen) atoms. The van der Waals surface area contributed by atoms with Crippen LogP contribution in [0.15, 0.2) is 56.8 Å². The Hall–Kier alpha value is -2.45. The second-order valence-corrected chi connectivity index (χ2v) is 6.65. The van der Waals surface area contributed by atoms with Gasteiger partial charge in [-0.2, -0.15) is 0 Å². The molecule has 0 fully saturated rings. The highest BCUT2D eigenvalue weighted by Crippen LogP contribution is 2.25. The van der Waals surface area contributed by atoms with E-state index >= 15 is 0 Å². The molecule has 3 aromatic rings. The van der Waals surface area contributed by atoms with Gasteiger partial charge in [0.05, 0.1) is 11.4 Å². The maximum Gasteiger partial charge on any atom is 0.273 e. The van der Waals surface area contributed by atoms with Gasteiger partial charge in [-0.15, -0.1) is 11.3 Å². The third-order valence-corrected chi connectivity index (χ3v) is 4.46. The van der Waals surface area contributed by atoms with Crippen LogP contribution in [0, 0.1) is 0 Å². The lowest BCUT2D eigenvalue weighted by atomic mass is 10.3. The quantitative estimate of drug-likeness (QED) is 0.679. The fourth-order valence-electron chi connectivity index (χ4n) is 1.91. The first-order chi connectivity index (χ1) is 11.6. The topological polar surface area (TPSA) is 84.2 Å². The monoisotopic (exact) mass is 405 g/mol. The Morgan fingerprint density at radius 3 is 2.71 bits per heavy atom. The number of halogens is 1. The molecule has 6 nitrogen and oxygen atoms in total. The molecule has 122 valence electrons. The molecule has 1 aromatic carbocycles. The SMILES string of the molecule is O=C(CNC(=O)c1cc(-c2cccs2)on1)Nc1ccc(Br)cc1. The highest BCUT2D eigenvalue weighted by Gasteiger charge is 2.15. The van der Waals surface area contributed by atoms with Crippen molar-refractivity contribution < 1.29 is 14.1 Å². The van der Waals surface area contributed by atoms with E-state index in [1.54, 1.807) is 18.2 Å². The first kappa shape index (κ1) is 16.4. The van der Waals surface area contributed by atoms with Crippen LogP contribution >= 0.6 is 27.3 Å². The molecule has 0 radical (unpaired) electrons. The van der Waals surface area contributed by atoms with E-state index in [4.69, 9.17) is 4.52 Å². The van der Waals surface area contributed by atoms with Gasteiger partial charge in [0.25, 0.3) is 5.91 Å². The minimum atomic E-state index is -0.465. The Morgan fingerprint density at radius 1 is 1.21 bits per heavy atom. The van der Waals surface area contributed by atoms with E-state index in [1.807, 2.05) is 29.6 Å². The molecular formula is C16H12BrN3O3S. The second kappa shape index (κ2) is 7.41. The minimum absolute atomic E-state index is 0.134. The van der Waals surface area contributed by atoms with E-state index in [9.17, 15) is 9.59 Å². The molecule has 0 saturated carbocycles. The van der Waals surface area contributed by atoms with Crippen molar-refractivity contribution in [1.29, 1.82) is 0 Å². The van der Waals surface area contributed by atoms with E-state index < -0.39 is 5.91 Å². The molecular weight excluding hydrogens is 394 g/mol. The van der Waals surface area contributed by atoms with Crippen molar-refractivity contribution in [2.24, 2.45) is 0 Å². The number of benzene rings is 1. The van der Waals surface area contributed by atoms with Crippen LogP contribution in [-0.4, -0.2) is 23.5 Å². The van der Waals surface area contributed by atoms with Crippen LogP contribution < -0.4 is 10.6 Å². The van der Waals surface area contributed by atoms with Crippen LogP contribution in [0.25, 0.3) is 10.6 Å². The summed E-state index contributed by atoms with van der Waals surface area (Å²) in [6.07, 6.45) is 0. The van der Waals surface area contributed by atoms with Crippen LogP contribution in [-0.2, 0) is 4.79 Å². The van der Waals surface area contributed by atoms with E-state index in [0.29, 0.717) is 11.4 Å². The summed E-state index contributed by atoms with van der Waals surface area (Å²) in [5.74, 6) is -0.269. The second-order valence-electron chi connectivity index (χ2n) is 4.79. The summed E-state index contributed by atoms with van der Waals surface area (Å²) >= 11 is 4.81. The first-order valence-electron chi connectivity index (χ1n) is 6.96. The predicted octanol–water partition coefficient (Wildman–Crippen LogP) is 3.53. The first-order valence-corrected chi connectivity index (χ1v) is 8.63. The number of thiophene rings is 1. The Morgan fingerprint density at radius 2 is 2.00 bits per heavy atom. The molecule has 0 unspecified atom stereocenters. The average Bonchev–Trinajstić information content (AvgIpc) is 3.25. The molecule has 0 saturated heterocycles. The Kier molecular flexibility index (Phi) is 5.07. The molecule has 0 aliphatic rings. The number of carbonyl (C=O) groups excluding carboxylic acids is 2. The molecule has 3 rings (SSSR count). The fraction of sp³-hybridized carbons (Fsp3) is 0.0625. The minimum Gasteiger partial charge on any atom is -0.355 e. The number of hydrogen-bond donors (Lipinski definition) is 2. The van der Waals surface area contributed by atoms with E-state index in [0.717, 1.165) is 9.35 Å². The van der Waals surface area contributed by atoms with Crippen molar-refractivity contribution in [3.8, 4) is 10.6 Å². The highest BCUT2D eigenvalue weighted by atomic mass is 79.9. The molecule has 0 bridgehead atoms. The van der Waals surface area contributed by atoms with Crippen molar-refractivity contribution >= 4 is 44.8 Å². The normalized spacial score (nSPS) is 10.4. The number of hydrogen-bond acceptors (Lipinski definition) is 5. The third-order valence-electron chi connectivity index (χ3n) is 3.04. The van der Waals surface area contributed by atoms with Crippen LogP contribution in [0.2, 0.25) is 0 Å². The van der Waals surface area contributed by atoms with E-state index in [-0.39, 0.29) is 18.1 Å². The number of carbonyl (C=O) groups is 2. The Labute approximate surface area is 150 Å². The third kappa shape index (κ3) is 4.09. The Balaban J connectivity index is 1.53. The maximum atomic E-state index is 12.0. The van der Waals surface area contributed by atoms with Crippen LogP contribution in [0.4, 0.5) is 5.69 Å². The average molecular weight is 406 g/mol. The van der Waals surface area contributed by atoms with Gasteiger partial charge in [0.1, 0.15) is 0 Å². The molecule has 2 heterocycles. The number of anilines is 1. The Bertz CT molecular complexity index is 844. The summed E-state index contributed by atoms with van der Waals surface area (Å²) in [6.45, 7) is -0.157. The molecule has 0 atom stereocenters. The predicted molar refractivity (Wildman–Crippen MR) is 94.9 cm³/mol. The molecule has 0 aliphatic carbocycles. The van der Waals surface area contributed by atoms with Crippen LogP contribution in [0.5, 0.6) is 0 Å². The van der Waals surface area contributed by atoms with Gasteiger partial charge >= 0.3 is 0 Å². The van der Waals surface area contributed by atoms with Crippen molar-refractivity contribution in [2.45, 2.75) is 0 Å². The smallest absolute Gasteiger partial charge is 0.273 e. The standard InChI is InChI=1S/C16H12BrN3O3S/c17-10-3-5-11(6-4-10)19-15(21)9-18-16(22)12-8-13(23-20-12)14-2-1-7-24-14/h1-8H,9H2,(H,18,22)(H,19,21). The van der Waals surface area contributed by atoms with Gasteiger partial charge in [-0.05, 0) is 35.7 Å². The number of nitrogens with zero attached hydrogens (tertiary/aromatic N) is 1. The van der Waals surface area contributed by atoms with Gasteiger partial charge in [0.15, 0.2) is 11.5 Å². The van der Waals surface area contributed by atoms with Gasteiger partial charge in [0, 0.05) is 16.2 Å². The molecule has 8 heteroatoms. The van der Waals surface area contributed by atoms with Crippen molar-refractivity contribution in [3.05, 3.63) is 58.0 Å². The van der Waals surface area contributed by atoms with Gasteiger partial charge in [-0.1, -0.05) is 27.2 Å². The summed E-state index contributed by atoms with van der Waals surface area (Å²) in [5, 5.41) is 10.8. The van der Waals surface area contributed by atoms with Crippen LogP contribution in [0.1, 0.15) is 10.5 Å². The zero-order valence-electron chi connectivity index (χ0n) is 12.3. The number of aromatic nitrogens is 1. The van der Waals surface area contributed by atoms with Crippen molar-refractivity contribution in [2.75, 3.05) is 11.9 Å². The van der Waals surface area contributed by atoms with Gasteiger partial charge in [-0.3, -0.25) is 9.59 Å². The lowest BCUT2D eigenvalue weighted by molar-refractivity contribution is -0.115. The summed E-state index contributed by atoms with van der Waals surface area (Å²) in [4.78, 5) is 24.7. The van der Waals surface area contributed by atoms with Gasteiger partial charge in [-0.25, -0.2) is 0 Å². The summed E-state index contributed by atoms with van der Waals surface area (Å²) in [5.41, 5.74) is 0.786. The molecule has 2 amide bonds. The van der Waals surface area contributed by atoms with E-state index in [1.165, 1.54) is 11.3 Å². The zero-order valence-corrected chi connectivity index (χ0v) is 14.7. The number of nitrogens with one attached hydrogen (secondary N) is 2. The summed E-state index contributed by atoms with van der Waals surface area (Å²) in [7, 11) is 0. The maximum absolute atomic E-state index is 12.0. The van der Waals surface area contributed by atoms with E-state index in [2.05, 4.69) is 31.7 Å². The number of amides is 2. The molecule has 2 aromatic heterocycles. The molecule has 2 N–H and O–H groups in total. The van der Waals surface area contributed by atoms with Crippen molar-refractivity contribution in [1.82, 2.24) is 10.5 Å². The highest BCUT2D eigenvalue weighted by molar-refractivity contribution is 9.10. The summed E-state index contributed by atoms with van der Waals surface area (Å²) < 4.78 is 6.06. The zero-order chi connectivity index (χ0) is 16.9. The summed E-state index contributed by atoms with van der Waals surface area (Å²) in [6, 6.07) is 12.5. The van der Waals surface area contributed by atoms with Gasteiger partial charge in [0.2, 0.25) is 5.91 Å².